The van der Waals surface area contributed by atoms with Crippen molar-refractivity contribution in [2.45, 2.75) is 13.5 Å². The van der Waals surface area contributed by atoms with Gasteiger partial charge in [-0.25, -0.2) is 0 Å². The number of nitrogens with one attached hydrogen (secondary N) is 1. The summed E-state index contributed by atoms with van der Waals surface area (Å²) in [6.07, 6.45) is 0. The standard InChI is InChI=1S/C21H21NO3/c1-3-25-19-13-10-16-6-4-5-7-18(16)20(19)21(23)22-14-15-8-11-17(24-2)12-9-15/h4-13H,3,14H2,1-2H3,(H,22,23). The highest BCUT2D eigenvalue weighted by atomic mass is 16.5. The Kier molecular flexibility index (Phi) is 5.19. The summed E-state index contributed by atoms with van der Waals surface area (Å²) in [5.41, 5.74) is 1.58. The smallest absolute Gasteiger partial charge is 0.255 e. The van der Waals surface area contributed by atoms with Crippen LogP contribution in [0.3, 0.4) is 0 Å². The molecule has 3 rings (SSSR count). The molecule has 0 aromatic heterocycles. The third-order valence-electron chi connectivity index (χ3n) is 4.03. The van der Waals surface area contributed by atoms with Crippen molar-refractivity contribution in [2.75, 3.05) is 13.7 Å². The van der Waals surface area contributed by atoms with Crippen LogP contribution in [0, 0.1) is 0 Å². The molecule has 1 N–H and O–H groups in total. The van der Waals surface area contributed by atoms with Gasteiger partial charge in [-0.3, -0.25) is 4.79 Å². The van der Waals surface area contributed by atoms with E-state index in [9.17, 15) is 4.79 Å². The molecule has 0 bridgehead atoms. The van der Waals surface area contributed by atoms with E-state index in [-0.39, 0.29) is 5.91 Å². The molecule has 4 heteroatoms. The molecule has 0 heterocycles. The minimum absolute atomic E-state index is 0.143. The number of carbonyl (C=O) groups is 1. The summed E-state index contributed by atoms with van der Waals surface area (Å²) < 4.78 is 10.8. The Hall–Kier alpha value is -3.01. The predicted molar refractivity (Wildman–Crippen MR) is 99.3 cm³/mol. The first-order valence-electron chi connectivity index (χ1n) is 8.28. The molecule has 0 aliphatic carbocycles. The third kappa shape index (κ3) is 3.74. The van der Waals surface area contributed by atoms with E-state index in [0.717, 1.165) is 22.1 Å². The molecule has 4 nitrogen and oxygen atoms in total. The van der Waals surface area contributed by atoms with Crippen LogP contribution in [0.1, 0.15) is 22.8 Å². The molecule has 0 radical (unpaired) electrons. The third-order valence-corrected chi connectivity index (χ3v) is 4.03. The predicted octanol–water partition coefficient (Wildman–Crippen LogP) is 4.18. The highest BCUT2D eigenvalue weighted by molar-refractivity contribution is 6.09. The average molecular weight is 335 g/mol. The van der Waals surface area contributed by atoms with Crippen LogP contribution in [-0.4, -0.2) is 19.6 Å². The Bertz CT molecular complexity index is 872. The number of carbonyl (C=O) groups excluding carboxylic acids is 1. The van der Waals surface area contributed by atoms with E-state index in [1.165, 1.54) is 0 Å². The lowest BCUT2D eigenvalue weighted by Crippen LogP contribution is -2.23. The lowest BCUT2D eigenvalue weighted by Gasteiger charge is -2.13. The van der Waals surface area contributed by atoms with Crippen LogP contribution in [-0.2, 0) is 6.54 Å². The van der Waals surface area contributed by atoms with Gasteiger partial charge < -0.3 is 14.8 Å². The van der Waals surface area contributed by atoms with E-state index in [1.807, 2.05) is 67.6 Å². The van der Waals surface area contributed by atoms with Crippen molar-refractivity contribution < 1.29 is 14.3 Å². The van der Waals surface area contributed by atoms with Crippen LogP contribution in [0.25, 0.3) is 10.8 Å². The molecule has 3 aromatic carbocycles. The van der Waals surface area contributed by atoms with Gasteiger partial charge >= 0.3 is 0 Å². The van der Waals surface area contributed by atoms with Crippen LogP contribution in [0.5, 0.6) is 11.5 Å². The number of fused-ring (bicyclic) bond motifs is 1. The zero-order chi connectivity index (χ0) is 17.6. The van der Waals surface area contributed by atoms with Gasteiger partial charge in [-0.05, 0) is 41.5 Å². The molecule has 0 saturated heterocycles. The SMILES string of the molecule is CCOc1ccc2ccccc2c1C(=O)NCc1ccc(OC)cc1. The highest BCUT2D eigenvalue weighted by Crippen LogP contribution is 2.28. The van der Waals surface area contributed by atoms with Gasteiger partial charge in [0, 0.05) is 6.54 Å². The lowest BCUT2D eigenvalue weighted by atomic mass is 10.0. The van der Waals surface area contributed by atoms with Gasteiger partial charge in [-0.1, -0.05) is 42.5 Å². The van der Waals surface area contributed by atoms with Crippen molar-refractivity contribution in [3.8, 4) is 11.5 Å². The molecule has 0 saturated carbocycles. The zero-order valence-corrected chi connectivity index (χ0v) is 14.4. The van der Waals surface area contributed by atoms with Gasteiger partial charge in [0.25, 0.3) is 5.91 Å². The Labute approximate surface area is 147 Å². The number of methoxy groups -OCH3 is 1. The normalized spacial score (nSPS) is 10.5. The fourth-order valence-corrected chi connectivity index (χ4v) is 2.78. The first-order valence-corrected chi connectivity index (χ1v) is 8.28. The van der Waals surface area contributed by atoms with E-state index >= 15 is 0 Å². The zero-order valence-electron chi connectivity index (χ0n) is 14.4. The topological polar surface area (TPSA) is 47.6 Å². The number of hydrogen-bond donors (Lipinski definition) is 1. The molecular formula is C21H21NO3. The first-order chi connectivity index (χ1) is 12.2. The fourth-order valence-electron chi connectivity index (χ4n) is 2.78. The molecule has 1 amide bonds. The number of amides is 1. The Morgan fingerprint density at radius 3 is 2.48 bits per heavy atom. The van der Waals surface area contributed by atoms with Crippen LogP contribution in [0.4, 0.5) is 0 Å². The second-order valence-electron chi connectivity index (χ2n) is 5.62. The summed E-state index contributed by atoms with van der Waals surface area (Å²) >= 11 is 0. The van der Waals surface area contributed by atoms with Crippen molar-refractivity contribution in [2.24, 2.45) is 0 Å². The number of rotatable bonds is 6. The Morgan fingerprint density at radius 2 is 1.76 bits per heavy atom. The maximum Gasteiger partial charge on any atom is 0.255 e. The first kappa shape index (κ1) is 16.8. The Morgan fingerprint density at radius 1 is 1.00 bits per heavy atom. The van der Waals surface area contributed by atoms with E-state index in [0.29, 0.717) is 24.5 Å². The number of ether oxygens (including phenoxy) is 2. The van der Waals surface area contributed by atoms with Gasteiger partial charge in [0.1, 0.15) is 11.5 Å². The molecule has 0 aliphatic heterocycles. The number of benzene rings is 3. The summed E-state index contributed by atoms with van der Waals surface area (Å²) in [5.74, 6) is 1.26. The van der Waals surface area contributed by atoms with Gasteiger partial charge in [-0.2, -0.15) is 0 Å². The summed E-state index contributed by atoms with van der Waals surface area (Å²) in [7, 11) is 1.63. The van der Waals surface area contributed by atoms with Crippen molar-refractivity contribution in [1.82, 2.24) is 5.32 Å². The van der Waals surface area contributed by atoms with Crippen molar-refractivity contribution in [3.05, 3.63) is 71.8 Å². The van der Waals surface area contributed by atoms with Gasteiger partial charge in [0.05, 0.1) is 19.3 Å². The maximum absolute atomic E-state index is 12.8. The van der Waals surface area contributed by atoms with E-state index in [1.54, 1.807) is 7.11 Å². The van der Waals surface area contributed by atoms with Gasteiger partial charge in [-0.15, -0.1) is 0 Å². The van der Waals surface area contributed by atoms with Gasteiger partial charge in [0.15, 0.2) is 0 Å². The largest absolute Gasteiger partial charge is 0.497 e. The minimum atomic E-state index is -0.143. The monoisotopic (exact) mass is 335 g/mol. The van der Waals surface area contributed by atoms with E-state index in [2.05, 4.69) is 5.32 Å². The summed E-state index contributed by atoms with van der Waals surface area (Å²) in [5, 5.41) is 4.89. The van der Waals surface area contributed by atoms with Crippen LogP contribution in [0.2, 0.25) is 0 Å². The molecule has 3 aromatic rings. The summed E-state index contributed by atoms with van der Waals surface area (Å²) in [6.45, 7) is 2.86. The quantitative estimate of drug-likeness (QED) is 0.735. The van der Waals surface area contributed by atoms with Crippen molar-refractivity contribution in [1.29, 1.82) is 0 Å². The molecule has 0 spiro atoms. The van der Waals surface area contributed by atoms with Crippen LogP contribution >= 0.6 is 0 Å². The molecule has 128 valence electrons. The van der Waals surface area contributed by atoms with E-state index in [4.69, 9.17) is 9.47 Å². The second-order valence-corrected chi connectivity index (χ2v) is 5.62. The van der Waals surface area contributed by atoms with Crippen molar-refractivity contribution >= 4 is 16.7 Å². The summed E-state index contributed by atoms with van der Waals surface area (Å²) in [4.78, 5) is 12.8. The molecule has 0 atom stereocenters. The van der Waals surface area contributed by atoms with Crippen LogP contribution < -0.4 is 14.8 Å². The molecule has 0 aliphatic rings. The molecule has 25 heavy (non-hydrogen) atoms. The van der Waals surface area contributed by atoms with Crippen LogP contribution in [0.15, 0.2) is 60.7 Å². The molecular weight excluding hydrogens is 314 g/mol. The van der Waals surface area contributed by atoms with E-state index < -0.39 is 0 Å². The lowest BCUT2D eigenvalue weighted by molar-refractivity contribution is 0.0949. The number of hydrogen-bond acceptors (Lipinski definition) is 3. The highest BCUT2D eigenvalue weighted by Gasteiger charge is 2.16. The molecule has 0 unspecified atom stereocenters. The Balaban J connectivity index is 1.86. The molecule has 0 fully saturated rings. The summed E-state index contributed by atoms with van der Waals surface area (Å²) in [6, 6.07) is 19.3. The van der Waals surface area contributed by atoms with Gasteiger partial charge in [0.2, 0.25) is 0 Å². The van der Waals surface area contributed by atoms with Crippen molar-refractivity contribution in [3.63, 3.8) is 0 Å². The average Bonchev–Trinajstić information content (AvgIpc) is 2.66. The fraction of sp³-hybridized carbons (Fsp3) is 0.190. The maximum atomic E-state index is 12.8. The minimum Gasteiger partial charge on any atom is -0.497 e. The second kappa shape index (κ2) is 7.71.